The molecule has 1 N–H and O–H groups in total. The van der Waals surface area contributed by atoms with E-state index in [9.17, 15) is 14.4 Å². The average Bonchev–Trinajstić information content (AvgIpc) is 2.65. The van der Waals surface area contributed by atoms with E-state index in [0.717, 1.165) is 4.57 Å². The van der Waals surface area contributed by atoms with Crippen molar-refractivity contribution in [1.29, 1.82) is 0 Å². The van der Waals surface area contributed by atoms with Gasteiger partial charge in [-0.1, -0.05) is 0 Å². The van der Waals surface area contributed by atoms with Gasteiger partial charge in [0.1, 0.15) is 5.82 Å². The molecule has 2 aromatic heterocycles. The van der Waals surface area contributed by atoms with Gasteiger partial charge in [0.05, 0.1) is 11.7 Å². The van der Waals surface area contributed by atoms with E-state index in [1.54, 1.807) is 17.0 Å². The molecule has 1 aliphatic heterocycles. The van der Waals surface area contributed by atoms with Gasteiger partial charge in [-0.3, -0.25) is 19.1 Å². The van der Waals surface area contributed by atoms with Crippen molar-refractivity contribution >= 4 is 11.7 Å². The van der Waals surface area contributed by atoms with E-state index in [2.05, 4.69) is 9.97 Å². The third-order valence-corrected chi connectivity index (χ3v) is 4.38. The molecular weight excluding hydrogens is 350 g/mol. The highest BCUT2D eigenvalue weighted by molar-refractivity contribution is 5.94. The number of carbonyl (C=O) groups is 1. The monoisotopic (exact) mass is 373 g/mol. The smallest absolute Gasteiger partial charge is 0.329 e. The van der Waals surface area contributed by atoms with Crippen molar-refractivity contribution in [3.8, 4) is 5.88 Å². The largest absolute Gasteiger partial charge is 0.475 e. The fourth-order valence-corrected chi connectivity index (χ4v) is 2.86. The number of anilines is 1. The Labute approximate surface area is 156 Å². The maximum atomic E-state index is 12.6. The van der Waals surface area contributed by atoms with Crippen LogP contribution in [0.4, 0.5) is 5.82 Å². The van der Waals surface area contributed by atoms with E-state index in [1.807, 2.05) is 18.7 Å². The molecule has 3 rings (SSSR count). The van der Waals surface area contributed by atoms with Gasteiger partial charge in [0.2, 0.25) is 5.88 Å². The molecule has 1 amide bonds. The lowest BCUT2D eigenvalue weighted by Crippen LogP contribution is -2.50. The van der Waals surface area contributed by atoms with E-state index in [0.29, 0.717) is 43.4 Å². The van der Waals surface area contributed by atoms with Crippen molar-refractivity contribution in [2.45, 2.75) is 20.0 Å². The van der Waals surface area contributed by atoms with Crippen molar-refractivity contribution in [2.75, 3.05) is 31.1 Å². The van der Waals surface area contributed by atoms with Crippen molar-refractivity contribution in [3.63, 3.8) is 0 Å². The van der Waals surface area contributed by atoms with Gasteiger partial charge in [0.15, 0.2) is 0 Å². The standard InChI is InChI=1S/C18H23N5O4/c1-12(2)27-15-5-4-13(11-19-15)17(25)23-8-6-22(7-9-23)14-10-16(24)21(3)18(26)20-14/h4-5,10-12H,6-9H2,1-3H3,(H,20,26). The lowest BCUT2D eigenvalue weighted by Gasteiger charge is -2.35. The Bertz CT molecular complexity index is 893. The second-order valence-corrected chi connectivity index (χ2v) is 6.69. The van der Waals surface area contributed by atoms with Crippen LogP contribution in [-0.4, -0.2) is 57.6 Å². The lowest BCUT2D eigenvalue weighted by molar-refractivity contribution is 0.0746. The van der Waals surface area contributed by atoms with Crippen LogP contribution in [0.1, 0.15) is 24.2 Å². The molecular formula is C18H23N5O4. The molecule has 144 valence electrons. The minimum absolute atomic E-state index is 0.0216. The summed E-state index contributed by atoms with van der Waals surface area (Å²) < 4.78 is 6.50. The number of H-pyrrole nitrogens is 1. The third kappa shape index (κ3) is 4.18. The first kappa shape index (κ1) is 18.7. The van der Waals surface area contributed by atoms with Gasteiger partial charge in [0, 0.05) is 51.6 Å². The zero-order valence-corrected chi connectivity index (χ0v) is 15.6. The number of nitrogens with one attached hydrogen (secondary N) is 1. The number of aromatic amines is 1. The molecule has 0 saturated carbocycles. The van der Waals surface area contributed by atoms with Crippen LogP contribution in [0.25, 0.3) is 0 Å². The maximum Gasteiger partial charge on any atom is 0.329 e. The summed E-state index contributed by atoms with van der Waals surface area (Å²) >= 11 is 0. The first-order chi connectivity index (χ1) is 12.8. The van der Waals surface area contributed by atoms with E-state index < -0.39 is 5.69 Å². The van der Waals surface area contributed by atoms with E-state index in [4.69, 9.17) is 4.74 Å². The molecule has 0 unspecified atom stereocenters. The summed E-state index contributed by atoms with van der Waals surface area (Å²) in [7, 11) is 1.42. The van der Waals surface area contributed by atoms with Crippen molar-refractivity contribution in [3.05, 3.63) is 50.8 Å². The number of ether oxygens (including phenoxy) is 1. The Morgan fingerprint density at radius 1 is 1.19 bits per heavy atom. The second-order valence-electron chi connectivity index (χ2n) is 6.69. The summed E-state index contributed by atoms with van der Waals surface area (Å²) in [5, 5.41) is 0. The third-order valence-electron chi connectivity index (χ3n) is 4.38. The quantitative estimate of drug-likeness (QED) is 0.823. The van der Waals surface area contributed by atoms with E-state index in [1.165, 1.54) is 19.3 Å². The zero-order chi connectivity index (χ0) is 19.6. The minimum Gasteiger partial charge on any atom is -0.475 e. The summed E-state index contributed by atoms with van der Waals surface area (Å²) in [6.07, 6.45) is 1.54. The number of hydrogen-bond donors (Lipinski definition) is 1. The number of carbonyl (C=O) groups excluding carboxylic acids is 1. The molecule has 1 fully saturated rings. The van der Waals surface area contributed by atoms with Crippen LogP contribution >= 0.6 is 0 Å². The predicted molar refractivity (Wildman–Crippen MR) is 100 cm³/mol. The van der Waals surface area contributed by atoms with Gasteiger partial charge in [-0.25, -0.2) is 9.78 Å². The summed E-state index contributed by atoms with van der Waals surface area (Å²) in [6, 6.07) is 4.79. The van der Waals surface area contributed by atoms with Crippen LogP contribution in [0.3, 0.4) is 0 Å². The van der Waals surface area contributed by atoms with E-state index >= 15 is 0 Å². The van der Waals surface area contributed by atoms with Crippen LogP contribution in [-0.2, 0) is 7.05 Å². The summed E-state index contributed by atoms with van der Waals surface area (Å²) in [5.74, 6) is 0.865. The molecule has 9 heteroatoms. The first-order valence-corrected chi connectivity index (χ1v) is 8.82. The van der Waals surface area contributed by atoms with Gasteiger partial charge in [-0.05, 0) is 19.9 Å². The topological polar surface area (TPSA) is 101 Å². The van der Waals surface area contributed by atoms with Crippen LogP contribution < -0.4 is 20.9 Å². The zero-order valence-electron chi connectivity index (χ0n) is 15.6. The number of pyridine rings is 1. The fourth-order valence-electron chi connectivity index (χ4n) is 2.86. The van der Waals surface area contributed by atoms with Crippen molar-refractivity contribution < 1.29 is 9.53 Å². The summed E-state index contributed by atoms with van der Waals surface area (Å²) in [5.41, 5.74) is -0.311. The Kier molecular flexibility index (Phi) is 5.29. The van der Waals surface area contributed by atoms with Gasteiger partial charge in [-0.2, -0.15) is 0 Å². The van der Waals surface area contributed by atoms with Gasteiger partial charge in [0.25, 0.3) is 11.5 Å². The highest BCUT2D eigenvalue weighted by Gasteiger charge is 2.23. The van der Waals surface area contributed by atoms with Crippen LogP contribution in [0, 0.1) is 0 Å². The molecule has 0 aromatic carbocycles. The van der Waals surface area contributed by atoms with Crippen LogP contribution in [0.5, 0.6) is 5.88 Å². The van der Waals surface area contributed by atoms with Crippen LogP contribution in [0.15, 0.2) is 34.0 Å². The first-order valence-electron chi connectivity index (χ1n) is 8.82. The SMILES string of the molecule is CC(C)Oc1ccc(C(=O)N2CCN(c3cc(=O)n(C)c(=O)[nH]3)CC2)cn1. The molecule has 1 aliphatic rings. The number of aromatic nitrogens is 3. The second kappa shape index (κ2) is 7.65. The molecule has 2 aromatic rings. The maximum absolute atomic E-state index is 12.6. The van der Waals surface area contributed by atoms with E-state index in [-0.39, 0.29) is 17.6 Å². The Morgan fingerprint density at radius 3 is 2.44 bits per heavy atom. The summed E-state index contributed by atoms with van der Waals surface area (Å²) in [6.45, 7) is 5.85. The van der Waals surface area contributed by atoms with Gasteiger partial charge >= 0.3 is 5.69 Å². The Hall–Kier alpha value is -3.10. The van der Waals surface area contributed by atoms with Crippen LogP contribution in [0.2, 0.25) is 0 Å². The Balaban J connectivity index is 1.64. The van der Waals surface area contributed by atoms with Crippen molar-refractivity contribution in [2.24, 2.45) is 7.05 Å². The molecule has 0 aliphatic carbocycles. The average molecular weight is 373 g/mol. The number of nitrogens with zero attached hydrogens (tertiary/aromatic N) is 4. The van der Waals surface area contributed by atoms with Gasteiger partial charge in [-0.15, -0.1) is 0 Å². The minimum atomic E-state index is -0.453. The normalized spacial score (nSPS) is 14.5. The fraction of sp³-hybridized carbons (Fsp3) is 0.444. The lowest BCUT2D eigenvalue weighted by atomic mass is 10.2. The molecule has 3 heterocycles. The molecule has 9 nitrogen and oxygen atoms in total. The molecule has 1 saturated heterocycles. The summed E-state index contributed by atoms with van der Waals surface area (Å²) in [4.78, 5) is 46.7. The molecule has 27 heavy (non-hydrogen) atoms. The molecule has 0 bridgehead atoms. The highest BCUT2D eigenvalue weighted by atomic mass is 16.5. The number of hydrogen-bond acceptors (Lipinski definition) is 6. The Morgan fingerprint density at radius 2 is 1.89 bits per heavy atom. The number of rotatable bonds is 4. The highest BCUT2D eigenvalue weighted by Crippen LogP contribution is 2.15. The predicted octanol–water partition coefficient (Wildman–Crippen LogP) is 0.218. The molecule has 0 atom stereocenters. The number of piperazine rings is 1. The van der Waals surface area contributed by atoms with Crippen molar-refractivity contribution in [1.82, 2.24) is 19.4 Å². The van der Waals surface area contributed by atoms with Gasteiger partial charge < -0.3 is 14.5 Å². The molecule has 0 spiro atoms. The number of amides is 1. The molecule has 0 radical (unpaired) electrons.